The van der Waals surface area contributed by atoms with Crippen LogP contribution in [0.25, 0.3) is 0 Å². The molecule has 29 heavy (non-hydrogen) atoms. The van der Waals surface area contributed by atoms with Gasteiger partial charge in [0.15, 0.2) is 0 Å². The number of hydrogen-bond acceptors (Lipinski definition) is 5. The number of amides is 1. The van der Waals surface area contributed by atoms with Crippen molar-refractivity contribution >= 4 is 21.4 Å². The molecule has 6 nitrogen and oxygen atoms in total. The number of anilines is 1. The van der Waals surface area contributed by atoms with Gasteiger partial charge < -0.3 is 5.32 Å². The Labute approximate surface area is 168 Å². The highest BCUT2D eigenvalue weighted by Gasteiger charge is 2.26. The van der Waals surface area contributed by atoms with Gasteiger partial charge in [-0.2, -0.15) is 14.0 Å². The first-order valence-corrected chi connectivity index (χ1v) is 10.4. The van der Waals surface area contributed by atoms with Gasteiger partial charge in [0.25, 0.3) is 0 Å². The monoisotopic (exact) mass is 421 g/mol. The third-order valence-electron chi connectivity index (χ3n) is 4.10. The first-order chi connectivity index (χ1) is 13.8. The Bertz CT molecular complexity index is 970. The molecule has 0 aliphatic carbocycles. The summed E-state index contributed by atoms with van der Waals surface area (Å²) in [6.45, 7) is 3.30. The number of carbonyl (C=O) groups is 1. The van der Waals surface area contributed by atoms with Gasteiger partial charge in [-0.1, -0.05) is 19.1 Å². The third-order valence-corrected chi connectivity index (χ3v) is 5.50. The van der Waals surface area contributed by atoms with Crippen molar-refractivity contribution in [2.45, 2.75) is 30.5 Å². The summed E-state index contributed by atoms with van der Waals surface area (Å²) in [5.74, 6) is -3.80. The zero-order valence-corrected chi connectivity index (χ0v) is 16.6. The van der Waals surface area contributed by atoms with Gasteiger partial charge >= 0.3 is 5.76 Å². The second kappa shape index (κ2) is 10.1. The summed E-state index contributed by atoms with van der Waals surface area (Å²) in [5, 5.41) is 11.5. The zero-order chi connectivity index (χ0) is 21.4. The molecule has 154 valence electrons. The summed E-state index contributed by atoms with van der Waals surface area (Å²) < 4.78 is 48.0. The minimum Gasteiger partial charge on any atom is -0.325 e. The molecule has 0 radical (unpaired) electrons. The Kier molecular flexibility index (Phi) is 7.82. The number of nitrogens with one attached hydrogen (secondary N) is 1. The van der Waals surface area contributed by atoms with Crippen LogP contribution < -0.4 is 5.32 Å². The van der Waals surface area contributed by atoms with E-state index >= 15 is 0 Å². The minimum atomic E-state index is -4.66. The van der Waals surface area contributed by atoms with Gasteiger partial charge in [0.2, 0.25) is 15.7 Å². The van der Waals surface area contributed by atoms with Crippen molar-refractivity contribution in [2.75, 3.05) is 18.4 Å². The van der Waals surface area contributed by atoms with Gasteiger partial charge in [0, 0.05) is 12.2 Å². The van der Waals surface area contributed by atoms with E-state index < -0.39 is 20.5 Å². The minimum absolute atomic E-state index is 0.102. The molecule has 0 unspecified atom stereocenters. The van der Waals surface area contributed by atoms with E-state index in [0.29, 0.717) is 24.3 Å². The molecule has 1 N–H and O–H groups in total. The van der Waals surface area contributed by atoms with Crippen LogP contribution in [0.1, 0.15) is 24.5 Å². The maximum atomic E-state index is 12.6. The van der Waals surface area contributed by atoms with Crippen LogP contribution in [0, 0.1) is 11.3 Å². The molecule has 0 saturated carbocycles. The summed E-state index contributed by atoms with van der Waals surface area (Å²) in [4.78, 5) is 13.8. The lowest BCUT2D eigenvalue weighted by Crippen LogP contribution is -2.33. The third kappa shape index (κ3) is 6.34. The van der Waals surface area contributed by atoms with Crippen LogP contribution in [0.2, 0.25) is 0 Å². The van der Waals surface area contributed by atoms with Crippen LogP contribution >= 0.6 is 0 Å². The molecule has 1 amide bonds. The van der Waals surface area contributed by atoms with Crippen molar-refractivity contribution in [3.63, 3.8) is 0 Å². The van der Waals surface area contributed by atoms with Gasteiger partial charge in [0.05, 0.1) is 23.1 Å². The van der Waals surface area contributed by atoms with Crippen LogP contribution in [-0.4, -0.2) is 38.1 Å². The summed E-state index contributed by atoms with van der Waals surface area (Å²) in [7, 11) is -4.66. The van der Waals surface area contributed by atoms with Crippen molar-refractivity contribution in [3.8, 4) is 6.07 Å². The molecule has 0 atom stereocenters. The molecule has 2 aromatic carbocycles. The summed E-state index contributed by atoms with van der Waals surface area (Å²) in [6, 6.07) is 13.8. The van der Waals surface area contributed by atoms with E-state index in [2.05, 4.69) is 11.4 Å². The molecule has 0 fully saturated rings. The van der Waals surface area contributed by atoms with Gasteiger partial charge in [-0.15, -0.1) is 0 Å². The topological polar surface area (TPSA) is 90.3 Å². The standard InChI is InChI=1S/C20H21F2N3O3S/c1-2-11-25(13-16-5-3-15(12-23)4-6-16)14-19(26)24-17-7-9-18(10-8-17)29(27,28)20(21)22/h3-10,20H,2,11,13-14H2,1H3,(H,24,26). The lowest BCUT2D eigenvalue weighted by molar-refractivity contribution is -0.117. The lowest BCUT2D eigenvalue weighted by Gasteiger charge is -2.21. The molecule has 2 rings (SSSR count). The van der Waals surface area contributed by atoms with Crippen LogP contribution in [0.5, 0.6) is 0 Å². The number of nitrogens with zero attached hydrogens (tertiary/aromatic N) is 2. The molecule has 0 aliphatic rings. The molecule has 0 spiro atoms. The largest absolute Gasteiger partial charge is 0.341 e. The SMILES string of the molecule is CCCN(CC(=O)Nc1ccc(S(=O)(=O)C(F)F)cc1)Cc1ccc(C#N)cc1. The quantitative estimate of drug-likeness (QED) is 0.670. The van der Waals surface area contributed by atoms with Gasteiger partial charge in [0.1, 0.15) is 0 Å². The van der Waals surface area contributed by atoms with Crippen LogP contribution in [0.3, 0.4) is 0 Å². The number of alkyl halides is 2. The fraction of sp³-hybridized carbons (Fsp3) is 0.300. The first kappa shape index (κ1) is 22.5. The lowest BCUT2D eigenvalue weighted by atomic mass is 10.1. The molecule has 9 heteroatoms. The second-order valence-electron chi connectivity index (χ2n) is 6.40. The van der Waals surface area contributed by atoms with E-state index in [9.17, 15) is 22.0 Å². The average molecular weight is 421 g/mol. The van der Waals surface area contributed by atoms with E-state index in [1.54, 1.807) is 12.1 Å². The highest BCUT2D eigenvalue weighted by atomic mass is 32.2. The number of nitriles is 1. The number of sulfone groups is 1. The van der Waals surface area contributed by atoms with Crippen molar-refractivity contribution < 1.29 is 22.0 Å². The fourth-order valence-electron chi connectivity index (χ4n) is 2.71. The Morgan fingerprint density at radius 1 is 1.14 bits per heavy atom. The van der Waals surface area contributed by atoms with Crippen molar-refractivity contribution in [3.05, 3.63) is 59.7 Å². The van der Waals surface area contributed by atoms with Crippen molar-refractivity contribution in [1.82, 2.24) is 4.90 Å². The van der Waals surface area contributed by atoms with Gasteiger partial charge in [-0.05, 0) is 54.9 Å². The zero-order valence-electron chi connectivity index (χ0n) is 15.8. The number of hydrogen-bond donors (Lipinski definition) is 1. The smallest absolute Gasteiger partial charge is 0.325 e. The highest BCUT2D eigenvalue weighted by molar-refractivity contribution is 7.91. The molecular weight excluding hydrogens is 400 g/mol. The number of rotatable bonds is 9. The van der Waals surface area contributed by atoms with E-state index in [1.165, 1.54) is 12.1 Å². The van der Waals surface area contributed by atoms with Crippen LogP contribution in [0.15, 0.2) is 53.4 Å². The number of benzene rings is 2. The van der Waals surface area contributed by atoms with Crippen LogP contribution in [-0.2, 0) is 21.2 Å². The first-order valence-electron chi connectivity index (χ1n) is 8.89. The molecule has 0 aromatic heterocycles. The van der Waals surface area contributed by atoms with E-state index in [4.69, 9.17) is 5.26 Å². The van der Waals surface area contributed by atoms with Gasteiger partial charge in [-0.25, -0.2) is 8.42 Å². The van der Waals surface area contributed by atoms with Crippen LogP contribution in [0.4, 0.5) is 14.5 Å². The maximum absolute atomic E-state index is 12.6. The number of carbonyl (C=O) groups excluding carboxylic acids is 1. The second-order valence-corrected chi connectivity index (χ2v) is 8.32. The summed E-state index contributed by atoms with van der Waals surface area (Å²) in [6.07, 6.45) is 0.837. The number of halogens is 2. The molecular formula is C20H21F2N3O3S. The molecule has 2 aromatic rings. The Morgan fingerprint density at radius 3 is 2.28 bits per heavy atom. The molecule has 0 saturated heterocycles. The molecule has 0 bridgehead atoms. The van der Waals surface area contributed by atoms with Crippen molar-refractivity contribution in [2.24, 2.45) is 0 Å². The molecule has 0 heterocycles. The summed E-state index contributed by atoms with van der Waals surface area (Å²) in [5.41, 5.74) is 1.84. The van der Waals surface area contributed by atoms with Gasteiger partial charge in [-0.3, -0.25) is 9.69 Å². The Balaban J connectivity index is 2.00. The highest BCUT2D eigenvalue weighted by Crippen LogP contribution is 2.20. The Morgan fingerprint density at radius 2 is 1.76 bits per heavy atom. The van der Waals surface area contributed by atoms with Crippen molar-refractivity contribution in [1.29, 1.82) is 5.26 Å². The van der Waals surface area contributed by atoms with E-state index in [1.807, 2.05) is 24.0 Å². The molecule has 0 aliphatic heterocycles. The van der Waals surface area contributed by atoms with E-state index in [0.717, 1.165) is 24.1 Å². The predicted molar refractivity (Wildman–Crippen MR) is 105 cm³/mol. The maximum Gasteiger partial charge on any atom is 0.341 e. The fourth-order valence-corrected chi connectivity index (χ4v) is 3.43. The van der Waals surface area contributed by atoms with E-state index in [-0.39, 0.29) is 12.5 Å². The normalized spacial score (nSPS) is 11.4. The average Bonchev–Trinajstić information content (AvgIpc) is 2.69. The summed E-state index contributed by atoms with van der Waals surface area (Å²) >= 11 is 0. The predicted octanol–water partition coefficient (Wildman–Crippen LogP) is 3.41. The Hall–Kier alpha value is -2.83.